The van der Waals surface area contributed by atoms with Crippen molar-refractivity contribution in [2.45, 2.75) is 40.0 Å². The molecule has 1 aliphatic rings. The van der Waals surface area contributed by atoms with Gasteiger partial charge in [-0.05, 0) is 38.3 Å². The second-order valence-electron chi connectivity index (χ2n) is 5.57. The summed E-state index contributed by atoms with van der Waals surface area (Å²) >= 11 is 1.45. The average Bonchev–Trinajstić information content (AvgIpc) is 2.87. The molecule has 1 atom stereocenters. The topological polar surface area (TPSA) is 66.9 Å². The van der Waals surface area contributed by atoms with Crippen LogP contribution < -0.4 is 10.6 Å². The van der Waals surface area contributed by atoms with Crippen molar-refractivity contribution in [3.8, 4) is 0 Å². The number of anilines is 1. The van der Waals surface area contributed by atoms with E-state index in [1.54, 1.807) is 0 Å². The molecule has 0 aromatic carbocycles. The van der Waals surface area contributed by atoms with Crippen LogP contribution in [0.25, 0.3) is 0 Å². The van der Waals surface area contributed by atoms with Crippen LogP contribution in [-0.4, -0.2) is 29.2 Å². The van der Waals surface area contributed by atoms with Gasteiger partial charge in [0.05, 0.1) is 0 Å². The molecule has 106 valence electrons. The number of piperidine rings is 1. The molecule has 19 heavy (non-hydrogen) atoms. The maximum Gasteiger partial charge on any atom is 0.232 e. The molecular formula is C13H22N4OS. The molecule has 1 saturated heterocycles. The van der Waals surface area contributed by atoms with E-state index in [4.69, 9.17) is 0 Å². The summed E-state index contributed by atoms with van der Waals surface area (Å²) in [5.74, 6) is 0.417. The summed E-state index contributed by atoms with van der Waals surface area (Å²) in [6.07, 6.45) is 3.09. The molecule has 1 amide bonds. The summed E-state index contributed by atoms with van der Waals surface area (Å²) in [7, 11) is 0. The molecule has 5 nitrogen and oxygen atoms in total. The summed E-state index contributed by atoms with van der Waals surface area (Å²) in [5, 5.41) is 15.9. The molecule has 0 bridgehead atoms. The van der Waals surface area contributed by atoms with Crippen LogP contribution in [0.2, 0.25) is 0 Å². The number of aromatic nitrogens is 2. The van der Waals surface area contributed by atoms with Gasteiger partial charge in [0.2, 0.25) is 11.0 Å². The van der Waals surface area contributed by atoms with Crippen molar-refractivity contribution in [1.82, 2.24) is 15.5 Å². The number of carbonyl (C=O) groups is 1. The van der Waals surface area contributed by atoms with Crippen LogP contribution in [0, 0.1) is 11.3 Å². The lowest BCUT2D eigenvalue weighted by Crippen LogP contribution is -2.44. The first-order valence-corrected chi connectivity index (χ1v) is 7.70. The molecule has 1 unspecified atom stereocenters. The second-order valence-corrected chi connectivity index (χ2v) is 6.64. The van der Waals surface area contributed by atoms with Crippen molar-refractivity contribution < 1.29 is 4.79 Å². The first kappa shape index (κ1) is 14.4. The molecule has 0 saturated carbocycles. The van der Waals surface area contributed by atoms with E-state index in [-0.39, 0.29) is 11.3 Å². The van der Waals surface area contributed by atoms with E-state index >= 15 is 0 Å². The summed E-state index contributed by atoms with van der Waals surface area (Å²) < 4.78 is 0. The molecule has 1 aliphatic heterocycles. The van der Waals surface area contributed by atoms with Gasteiger partial charge in [-0.1, -0.05) is 32.1 Å². The molecule has 1 fully saturated rings. The minimum atomic E-state index is -0.383. The molecule has 0 radical (unpaired) electrons. The third-order valence-electron chi connectivity index (χ3n) is 3.89. The molecule has 1 aromatic heterocycles. The van der Waals surface area contributed by atoms with Gasteiger partial charge in [0.1, 0.15) is 5.01 Å². The molecule has 2 heterocycles. The number of carbonyl (C=O) groups excluding carboxylic acids is 1. The molecule has 0 aliphatic carbocycles. The van der Waals surface area contributed by atoms with Gasteiger partial charge in [-0.2, -0.15) is 0 Å². The van der Waals surface area contributed by atoms with E-state index in [1.807, 2.05) is 20.8 Å². The molecule has 2 N–H and O–H groups in total. The number of aryl methyl sites for hydroxylation is 1. The SMILES string of the molecule is CCc1nnc(NC(=O)C(C)(C)C2CCCNC2)s1. The van der Waals surface area contributed by atoms with Crippen LogP contribution in [0.15, 0.2) is 0 Å². The van der Waals surface area contributed by atoms with Crippen LogP contribution in [0.3, 0.4) is 0 Å². The first-order chi connectivity index (χ1) is 9.04. The Labute approximate surface area is 118 Å². The highest BCUT2D eigenvalue weighted by molar-refractivity contribution is 7.15. The standard InChI is InChI=1S/C13H22N4OS/c1-4-10-16-17-12(19-10)15-11(18)13(2,3)9-6-5-7-14-8-9/h9,14H,4-8H2,1-3H3,(H,15,17,18). The quantitative estimate of drug-likeness (QED) is 0.887. The Morgan fingerprint density at radius 3 is 2.89 bits per heavy atom. The van der Waals surface area contributed by atoms with Crippen molar-refractivity contribution in [2.75, 3.05) is 18.4 Å². The lowest BCUT2D eigenvalue weighted by molar-refractivity contribution is -0.127. The fraction of sp³-hybridized carbons (Fsp3) is 0.769. The highest BCUT2D eigenvalue weighted by Gasteiger charge is 2.37. The largest absolute Gasteiger partial charge is 0.316 e. The Hall–Kier alpha value is -1.01. The van der Waals surface area contributed by atoms with Gasteiger partial charge in [0, 0.05) is 5.41 Å². The smallest absolute Gasteiger partial charge is 0.232 e. The van der Waals surface area contributed by atoms with Gasteiger partial charge < -0.3 is 10.6 Å². The molecular weight excluding hydrogens is 260 g/mol. The van der Waals surface area contributed by atoms with Crippen molar-refractivity contribution >= 4 is 22.4 Å². The highest BCUT2D eigenvalue weighted by Crippen LogP contribution is 2.33. The highest BCUT2D eigenvalue weighted by atomic mass is 32.1. The first-order valence-electron chi connectivity index (χ1n) is 6.88. The summed E-state index contributed by atoms with van der Waals surface area (Å²) in [4.78, 5) is 12.4. The number of amides is 1. The Balaban J connectivity index is 2.00. The van der Waals surface area contributed by atoms with Crippen LogP contribution in [-0.2, 0) is 11.2 Å². The van der Waals surface area contributed by atoms with Gasteiger partial charge in [-0.25, -0.2) is 0 Å². The van der Waals surface area contributed by atoms with Crippen molar-refractivity contribution in [3.05, 3.63) is 5.01 Å². The van der Waals surface area contributed by atoms with Gasteiger partial charge in [0.25, 0.3) is 0 Å². The predicted molar refractivity (Wildman–Crippen MR) is 77.3 cm³/mol. The third-order valence-corrected chi connectivity index (χ3v) is 4.88. The Morgan fingerprint density at radius 1 is 1.53 bits per heavy atom. The number of nitrogens with one attached hydrogen (secondary N) is 2. The average molecular weight is 282 g/mol. The number of hydrogen-bond acceptors (Lipinski definition) is 5. The zero-order valence-corrected chi connectivity index (χ0v) is 12.6. The van der Waals surface area contributed by atoms with Crippen molar-refractivity contribution in [1.29, 1.82) is 0 Å². The molecule has 6 heteroatoms. The maximum atomic E-state index is 12.4. The lowest BCUT2D eigenvalue weighted by atomic mass is 9.74. The van der Waals surface area contributed by atoms with Crippen LogP contribution >= 0.6 is 11.3 Å². The number of nitrogens with zero attached hydrogens (tertiary/aromatic N) is 2. The van der Waals surface area contributed by atoms with Crippen LogP contribution in [0.1, 0.15) is 38.6 Å². The van der Waals surface area contributed by atoms with Crippen LogP contribution in [0.4, 0.5) is 5.13 Å². The Bertz CT molecular complexity index is 438. The zero-order chi connectivity index (χ0) is 13.9. The summed E-state index contributed by atoms with van der Waals surface area (Å²) in [5.41, 5.74) is -0.383. The second kappa shape index (κ2) is 5.96. The molecule has 1 aromatic rings. The number of hydrogen-bond donors (Lipinski definition) is 2. The van der Waals surface area contributed by atoms with E-state index in [2.05, 4.69) is 20.8 Å². The summed E-state index contributed by atoms with van der Waals surface area (Å²) in [6, 6.07) is 0. The minimum Gasteiger partial charge on any atom is -0.316 e. The van der Waals surface area contributed by atoms with Gasteiger partial charge in [0.15, 0.2) is 0 Å². The third kappa shape index (κ3) is 3.30. The fourth-order valence-electron chi connectivity index (χ4n) is 2.36. The number of rotatable bonds is 4. The monoisotopic (exact) mass is 282 g/mol. The van der Waals surface area contributed by atoms with Crippen molar-refractivity contribution in [2.24, 2.45) is 11.3 Å². The summed E-state index contributed by atoms with van der Waals surface area (Å²) in [6.45, 7) is 8.04. The van der Waals surface area contributed by atoms with E-state index in [1.165, 1.54) is 11.3 Å². The van der Waals surface area contributed by atoms with E-state index in [0.29, 0.717) is 11.0 Å². The predicted octanol–water partition coefficient (Wildman–Crippen LogP) is 2.06. The van der Waals surface area contributed by atoms with E-state index < -0.39 is 0 Å². The van der Waals surface area contributed by atoms with Crippen LogP contribution in [0.5, 0.6) is 0 Å². The van der Waals surface area contributed by atoms with Gasteiger partial charge in [-0.3, -0.25) is 4.79 Å². The normalized spacial score (nSPS) is 20.3. The minimum absolute atomic E-state index is 0.0417. The molecule has 0 spiro atoms. The van der Waals surface area contributed by atoms with E-state index in [9.17, 15) is 4.79 Å². The molecule has 2 rings (SSSR count). The fourth-order valence-corrected chi connectivity index (χ4v) is 3.03. The van der Waals surface area contributed by atoms with E-state index in [0.717, 1.165) is 37.4 Å². The Morgan fingerprint density at radius 2 is 2.32 bits per heavy atom. The maximum absolute atomic E-state index is 12.4. The van der Waals surface area contributed by atoms with Gasteiger partial charge >= 0.3 is 0 Å². The van der Waals surface area contributed by atoms with Gasteiger partial charge in [-0.15, -0.1) is 10.2 Å². The Kier molecular flexibility index (Phi) is 4.52. The van der Waals surface area contributed by atoms with Crippen molar-refractivity contribution in [3.63, 3.8) is 0 Å². The lowest BCUT2D eigenvalue weighted by Gasteiger charge is -2.35. The zero-order valence-electron chi connectivity index (χ0n) is 11.8.